The van der Waals surface area contributed by atoms with Crippen molar-refractivity contribution in [3.63, 3.8) is 0 Å². The van der Waals surface area contributed by atoms with Crippen molar-refractivity contribution in [1.82, 2.24) is 0 Å². The molecular formula is C24H30N2O2S. The summed E-state index contributed by atoms with van der Waals surface area (Å²) in [7, 11) is 0. The quantitative estimate of drug-likeness (QED) is 0.661. The number of para-hydroxylation sites is 2. The SMILES string of the molecule is CC(C)c1ccccc1N1C(=O)CSC1c1ccccc1NC(=O)CC(C)(C)C. The Hall–Kier alpha value is -2.27. The molecule has 1 aliphatic rings. The van der Waals surface area contributed by atoms with Gasteiger partial charge in [0.05, 0.1) is 5.75 Å². The summed E-state index contributed by atoms with van der Waals surface area (Å²) in [6.07, 6.45) is 0.442. The largest absolute Gasteiger partial charge is 0.326 e. The Labute approximate surface area is 178 Å². The molecule has 1 N–H and O–H groups in total. The van der Waals surface area contributed by atoms with Gasteiger partial charge in [0, 0.05) is 23.4 Å². The maximum Gasteiger partial charge on any atom is 0.238 e. The molecule has 2 amide bonds. The van der Waals surface area contributed by atoms with E-state index < -0.39 is 0 Å². The van der Waals surface area contributed by atoms with Crippen molar-refractivity contribution in [2.45, 2.75) is 52.3 Å². The molecule has 1 fully saturated rings. The van der Waals surface area contributed by atoms with E-state index in [-0.39, 0.29) is 22.6 Å². The van der Waals surface area contributed by atoms with Crippen molar-refractivity contribution in [2.24, 2.45) is 5.41 Å². The van der Waals surface area contributed by atoms with Gasteiger partial charge in [-0.1, -0.05) is 71.0 Å². The average molecular weight is 411 g/mol. The smallest absolute Gasteiger partial charge is 0.238 e. The van der Waals surface area contributed by atoms with Gasteiger partial charge in [-0.2, -0.15) is 0 Å². The summed E-state index contributed by atoms with van der Waals surface area (Å²) in [5.74, 6) is 0.839. The highest BCUT2D eigenvalue weighted by molar-refractivity contribution is 8.00. The van der Waals surface area contributed by atoms with Crippen molar-refractivity contribution in [2.75, 3.05) is 16.0 Å². The minimum Gasteiger partial charge on any atom is -0.326 e. The van der Waals surface area contributed by atoms with Crippen LogP contribution in [0.2, 0.25) is 0 Å². The molecule has 0 radical (unpaired) electrons. The van der Waals surface area contributed by atoms with Crippen LogP contribution in [-0.2, 0) is 9.59 Å². The van der Waals surface area contributed by atoms with Crippen LogP contribution in [0.1, 0.15) is 63.5 Å². The summed E-state index contributed by atoms with van der Waals surface area (Å²) < 4.78 is 0. The molecule has 0 bridgehead atoms. The fourth-order valence-electron chi connectivity index (χ4n) is 3.61. The normalized spacial score (nSPS) is 17.1. The highest BCUT2D eigenvalue weighted by atomic mass is 32.2. The highest BCUT2D eigenvalue weighted by Gasteiger charge is 2.36. The second-order valence-corrected chi connectivity index (χ2v) is 10.1. The first-order valence-corrected chi connectivity index (χ1v) is 11.1. The third-order valence-electron chi connectivity index (χ3n) is 4.88. The van der Waals surface area contributed by atoms with E-state index in [2.05, 4.69) is 46.0 Å². The third kappa shape index (κ3) is 5.02. The van der Waals surface area contributed by atoms with Crippen LogP contribution in [0.15, 0.2) is 48.5 Å². The molecule has 0 spiro atoms. The zero-order valence-corrected chi connectivity index (χ0v) is 18.7. The fraction of sp³-hybridized carbons (Fsp3) is 0.417. The van der Waals surface area contributed by atoms with Gasteiger partial charge in [-0.25, -0.2) is 0 Å². The summed E-state index contributed by atoms with van der Waals surface area (Å²) in [5, 5.41) is 2.92. The number of amides is 2. The monoisotopic (exact) mass is 410 g/mol. The lowest BCUT2D eigenvalue weighted by Gasteiger charge is -2.29. The predicted molar refractivity (Wildman–Crippen MR) is 122 cm³/mol. The van der Waals surface area contributed by atoms with Gasteiger partial charge in [0.15, 0.2) is 0 Å². The summed E-state index contributed by atoms with van der Waals surface area (Å²) >= 11 is 1.61. The van der Waals surface area contributed by atoms with Crippen LogP contribution in [0.25, 0.3) is 0 Å². The number of hydrogen-bond acceptors (Lipinski definition) is 3. The average Bonchev–Trinajstić information content (AvgIpc) is 3.01. The van der Waals surface area contributed by atoms with Crippen LogP contribution >= 0.6 is 11.8 Å². The summed E-state index contributed by atoms with van der Waals surface area (Å²) in [4.78, 5) is 27.3. The molecule has 0 aromatic heterocycles. The molecule has 3 rings (SSSR count). The maximum absolute atomic E-state index is 12.9. The van der Waals surface area contributed by atoms with Gasteiger partial charge in [0.2, 0.25) is 11.8 Å². The molecule has 0 aliphatic carbocycles. The number of rotatable bonds is 5. The van der Waals surface area contributed by atoms with Gasteiger partial charge in [0.1, 0.15) is 5.37 Å². The van der Waals surface area contributed by atoms with E-state index in [9.17, 15) is 9.59 Å². The van der Waals surface area contributed by atoms with Crippen LogP contribution in [0.3, 0.4) is 0 Å². The molecule has 29 heavy (non-hydrogen) atoms. The lowest BCUT2D eigenvalue weighted by Crippen LogP contribution is -2.29. The summed E-state index contributed by atoms with van der Waals surface area (Å²) in [5.41, 5.74) is 3.77. The number of carbonyl (C=O) groups excluding carboxylic acids is 2. The first-order valence-electron chi connectivity index (χ1n) is 10.1. The molecule has 4 nitrogen and oxygen atoms in total. The minimum atomic E-state index is -0.159. The highest BCUT2D eigenvalue weighted by Crippen LogP contribution is 2.46. The van der Waals surface area contributed by atoms with Crippen molar-refractivity contribution >= 4 is 35.0 Å². The zero-order valence-electron chi connectivity index (χ0n) is 17.9. The molecule has 1 saturated heterocycles. The number of thioether (sulfide) groups is 1. The van der Waals surface area contributed by atoms with E-state index in [4.69, 9.17) is 0 Å². The molecule has 5 heteroatoms. The Balaban J connectivity index is 1.96. The van der Waals surface area contributed by atoms with E-state index in [1.54, 1.807) is 11.8 Å². The molecule has 1 unspecified atom stereocenters. The van der Waals surface area contributed by atoms with Gasteiger partial charge >= 0.3 is 0 Å². The lowest BCUT2D eigenvalue weighted by atomic mass is 9.92. The van der Waals surface area contributed by atoms with E-state index >= 15 is 0 Å². The Kier molecular flexibility index (Phi) is 6.37. The molecule has 2 aromatic carbocycles. The lowest BCUT2D eigenvalue weighted by molar-refractivity contribution is -0.118. The topological polar surface area (TPSA) is 49.4 Å². The van der Waals surface area contributed by atoms with Crippen molar-refractivity contribution in [1.29, 1.82) is 0 Å². The third-order valence-corrected chi connectivity index (χ3v) is 6.07. The molecule has 1 atom stereocenters. The molecule has 154 valence electrons. The van der Waals surface area contributed by atoms with E-state index in [1.807, 2.05) is 47.4 Å². The number of nitrogens with zero attached hydrogens (tertiary/aromatic N) is 1. The minimum absolute atomic E-state index is 0.00611. The Morgan fingerprint density at radius 2 is 1.79 bits per heavy atom. The van der Waals surface area contributed by atoms with E-state index in [1.165, 1.54) is 0 Å². The van der Waals surface area contributed by atoms with Crippen molar-refractivity contribution in [3.05, 3.63) is 59.7 Å². The number of carbonyl (C=O) groups is 2. The summed E-state index contributed by atoms with van der Waals surface area (Å²) in [6.45, 7) is 10.4. The zero-order chi connectivity index (χ0) is 21.2. The van der Waals surface area contributed by atoms with Crippen LogP contribution in [0.5, 0.6) is 0 Å². The van der Waals surface area contributed by atoms with E-state index in [0.29, 0.717) is 18.1 Å². The summed E-state index contributed by atoms with van der Waals surface area (Å²) in [6, 6.07) is 15.9. The number of hydrogen-bond donors (Lipinski definition) is 1. The van der Waals surface area contributed by atoms with Gasteiger partial charge in [-0.15, -0.1) is 11.8 Å². The van der Waals surface area contributed by atoms with Crippen LogP contribution in [-0.4, -0.2) is 17.6 Å². The first-order chi connectivity index (χ1) is 13.7. The van der Waals surface area contributed by atoms with Crippen molar-refractivity contribution < 1.29 is 9.59 Å². The molecule has 0 saturated carbocycles. The molecular weight excluding hydrogens is 380 g/mol. The standard InChI is InChI=1S/C24H30N2O2S/c1-16(2)17-10-7-9-13-20(17)26-22(28)15-29-23(26)18-11-6-8-12-19(18)25-21(27)14-24(3,4)5/h6-13,16,23H,14-15H2,1-5H3,(H,25,27). The van der Waals surface area contributed by atoms with Gasteiger partial charge in [0.25, 0.3) is 0 Å². The van der Waals surface area contributed by atoms with Gasteiger partial charge < -0.3 is 5.32 Å². The first kappa shape index (κ1) is 21.4. The van der Waals surface area contributed by atoms with Crippen LogP contribution < -0.4 is 10.2 Å². The Morgan fingerprint density at radius 1 is 1.14 bits per heavy atom. The molecule has 1 aliphatic heterocycles. The Bertz CT molecular complexity index is 902. The molecule has 2 aromatic rings. The Morgan fingerprint density at radius 3 is 2.48 bits per heavy atom. The van der Waals surface area contributed by atoms with Gasteiger partial charge in [-0.05, 0) is 29.0 Å². The van der Waals surface area contributed by atoms with Crippen LogP contribution in [0, 0.1) is 5.41 Å². The molecule has 1 heterocycles. The van der Waals surface area contributed by atoms with Crippen LogP contribution in [0.4, 0.5) is 11.4 Å². The second kappa shape index (κ2) is 8.62. The number of benzene rings is 2. The number of anilines is 2. The van der Waals surface area contributed by atoms with E-state index in [0.717, 1.165) is 22.5 Å². The maximum atomic E-state index is 12.9. The second-order valence-electron chi connectivity index (χ2n) is 9.01. The van der Waals surface area contributed by atoms with Gasteiger partial charge in [-0.3, -0.25) is 14.5 Å². The van der Waals surface area contributed by atoms with Crippen molar-refractivity contribution in [3.8, 4) is 0 Å². The fourth-order valence-corrected chi connectivity index (χ4v) is 4.82. The predicted octanol–water partition coefficient (Wildman–Crippen LogP) is 5.96. The number of nitrogens with one attached hydrogen (secondary N) is 1.